The second-order valence-corrected chi connectivity index (χ2v) is 11.9. The van der Waals surface area contributed by atoms with E-state index in [0.29, 0.717) is 39.9 Å². The summed E-state index contributed by atoms with van der Waals surface area (Å²) in [5.74, 6) is -1.07. The normalized spacial score (nSPS) is 11.3. The molecule has 38 heavy (non-hydrogen) atoms. The second-order valence-electron chi connectivity index (χ2n) is 8.65. The molecule has 0 spiro atoms. The number of methoxy groups -OCH3 is 3. The molecule has 0 saturated carbocycles. The lowest BCUT2D eigenvalue weighted by Gasteiger charge is -2.22. The van der Waals surface area contributed by atoms with Crippen molar-refractivity contribution in [2.45, 2.75) is 26.3 Å². The van der Waals surface area contributed by atoms with Gasteiger partial charge in [0.25, 0.3) is 5.91 Å². The van der Waals surface area contributed by atoms with Crippen LogP contribution in [0.4, 0.5) is 0 Å². The van der Waals surface area contributed by atoms with Crippen LogP contribution < -0.4 is 9.47 Å². The van der Waals surface area contributed by atoms with Gasteiger partial charge < -0.3 is 19.1 Å². The van der Waals surface area contributed by atoms with Crippen LogP contribution in [0, 0.1) is 6.92 Å². The third-order valence-electron chi connectivity index (χ3n) is 5.70. The quantitative estimate of drug-likeness (QED) is 0.273. The molecule has 0 N–H and O–H groups in total. The molecule has 1 amide bonds. The molecule has 0 aliphatic carbocycles. The molecule has 3 rings (SSSR count). The van der Waals surface area contributed by atoms with Crippen LogP contribution >= 0.6 is 11.3 Å². The second kappa shape index (κ2) is 13.5. The average Bonchev–Trinajstić information content (AvgIpc) is 3.27. The van der Waals surface area contributed by atoms with Crippen LogP contribution in [0.2, 0.25) is 0 Å². The van der Waals surface area contributed by atoms with Crippen molar-refractivity contribution < 1.29 is 32.2 Å². The van der Waals surface area contributed by atoms with Gasteiger partial charge in [-0.15, -0.1) is 11.3 Å². The van der Waals surface area contributed by atoms with Crippen molar-refractivity contribution in [3.05, 3.63) is 75.2 Å². The zero-order valence-electron chi connectivity index (χ0n) is 21.9. The Morgan fingerprint density at radius 2 is 1.66 bits per heavy atom. The van der Waals surface area contributed by atoms with Crippen LogP contribution in [0.25, 0.3) is 0 Å². The molecule has 3 aromatic rings. The number of Topliss-reactive ketones (excluding diaryl/α,β-unsaturated/α-hetero) is 1. The molecule has 1 heterocycles. The lowest BCUT2D eigenvalue weighted by Crippen LogP contribution is -2.32. The van der Waals surface area contributed by atoms with Gasteiger partial charge in [0.15, 0.2) is 15.6 Å². The molecular weight excluding hydrogens is 528 g/mol. The number of amides is 1. The van der Waals surface area contributed by atoms with Crippen LogP contribution in [-0.2, 0) is 27.5 Å². The summed E-state index contributed by atoms with van der Waals surface area (Å²) >= 11 is 1.27. The van der Waals surface area contributed by atoms with Crippen LogP contribution in [0.5, 0.6) is 11.5 Å². The topological polar surface area (TPSA) is 112 Å². The van der Waals surface area contributed by atoms with Crippen molar-refractivity contribution in [1.29, 1.82) is 0 Å². The first-order valence-corrected chi connectivity index (χ1v) is 14.5. The number of carbonyl (C=O) groups is 2. The fraction of sp³-hybridized carbons (Fsp3) is 0.370. The summed E-state index contributed by atoms with van der Waals surface area (Å²) in [4.78, 5) is 33.0. The molecule has 0 aliphatic rings. The molecule has 11 heteroatoms. The van der Waals surface area contributed by atoms with Gasteiger partial charge in [-0.2, -0.15) is 0 Å². The predicted molar refractivity (Wildman–Crippen MR) is 146 cm³/mol. The van der Waals surface area contributed by atoms with Gasteiger partial charge in [0, 0.05) is 30.2 Å². The molecule has 0 atom stereocenters. The average molecular weight is 561 g/mol. The Kier molecular flexibility index (Phi) is 10.4. The monoisotopic (exact) mass is 560 g/mol. The number of rotatable bonds is 14. The summed E-state index contributed by atoms with van der Waals surface area (Å²) in [6.45, 7) is 2.32. The zero-order chi connectivity index (χ0) is 27.7. The summed E-state index contributed by atoms with van der Waals surface area (Å²) in [6, 6.07) is 15.0. The molecule has 0 radical (unpaired) electrons. The summed E-state index contributed by atoms with van der Waals surface area (Å²) < 4.78 is 39.4. The number of nitrogens with zero attached hydrogens (tertiary/aromatic N) is 2. The Hall–Kier alpha value is -3.28. The van der Waals surface area contributed by atoms with Crippen LogP contribution in [0.1, 0.15) is 42.7 Å². The molecule has 0 aliphatic heterocycles. The van der Waals surface area contributed by atoms with Gasteiger partial charge in [0.1, 0.15) is 33.9 Å². The van der Waals surface area contributed by atoms with Gasteiger partial charge in [-0.05, 0) is 37.5 Å². The molecule has 0 fully saturated rings. The van der Waals surface area contributed by atoms with Crippen molar-refractivity contribution >= 4 is 32.9 Å². The van der Waals surface area contributed by atoms with Crippen LogP contribution in [0.15, 0.2) is 48.5 Å². The third kappa shape index (κ3) is 8.11. The summed E-state index contributed by atoms with van der Waals surface area (Å²) in [7, 11) is 0.590. The first kappa shape index (κ1) is 29.3. The molecule has 204 valence electrons. The largest absolute Gasteiger partial charge is 0.497 e. The van der Waals surface area contributed by atoms with E-state index in [1.54, 1.807) is 30.0 Å². The van der Waals surface area contributed by atoms with Gasteiger partial charge in [0.2, 0.25) is 0 Å². The number of aryl methyl sites for hydroxylation is 2. The third-order valence-corrected chi connectivity index (χ3v) is 7.95. The highest BCUT2D eigenvalue weighted by Gasteiger charge is 2.24. The van der Waals surface area contributed by atoms with Crippen molar-refractivity contribution in [2.24, 2.45) is 0 Å². The standard InChI is InChI=1S/C27H32N2O7S2/c1-19-26(24(30)17-38(32,33)18-34-2)28-25(37-19)16-29(12-8-11-20-9-6-5-7-10-20)27(31)21-13-22(35-3)15-23(14-21)36-4/h5-7,9-10,13-15H,8,11-12,16-18H2,1-4H3. The van der Waals surface area contributed by atoms with E-state index in [0.717, 1.165) is 12.0 Å². The maximum Gasteiger partial charge on any atom is 0.254 e. The van der Waals surface area contributed by atoms with Crippen LogP contribution in [0.3, 0.4) is 0 Å². The van der Waals surface area contributed by atoms with E-state index in [9.17, 15) is 18.0 Å². The Morgan fingerprint density at radius 3 is 2.26 bits per heavy atom. The first-order valence-electron chi connectivity index (χ1n) is 11.9. The summed E-state index contributed by atoms with van der Waals surface area (Å²) in [6.07, 6.45) is 1.49. The Morgan fingerprint density at radius 1 is 1.00 bits per heavy atom. The number of benzene rings is 2. The van der Waals surface area contributed by atoms with E-state index in [2.05, 4.69) is 9.72 Å². The Labute approximate surface area is 227 Å². The highest BCUT2D eigenvalue weighted by atomic mass is 32.2. The maximum atomic E-state index is 13.6. The number of hydrogen-bond acceptors (Lipinski definition) is 9. The van der Waals surface area contributed by atoms with E-state index in [1.807, 2.05) is 30.3 Å². The molecule has 9 nitrogen and oxygen atoms in total. The van der Waals surface area contributed by atoms with Gasteiger partial charge >= 0.3 is 0 Å². The number of carbonyl (C=O) groups excluding carboxylic acids is 2. The summed E-state index contributed by atoms with van der Waals surface area (Å²) in [5.41, 5.74) is 1.67. The van der Waals surface area contributed by atoms with Gasteiger partial charge in [0.05, 0.1) is 20.8 Å². The highest BCUT2D eigenvalue weighted by Crippen LogP contribution is 2.26. The molecular formula is C27H32N2O7S2. The number of ketones is 1. The van der Waals surface area contributed by atoms with Crippen molar-refractivity contribution in [3.8, 4) is 11.5 Å². The fourth-order valence-electron chi connectivity index (χ4n) is 3.91. The Bertz CT molecular complexity index is 1330. The minimum absolute atomic E-state index is 0.101. The lowest BCUT2D eigenvalue weighted by atomic mass is 10.1. The van der Waals surface area contributed by atoms with E-state index < -0.39 is 27.3 Å². The van der Waals surface area contributed by atoms with E-state index in [4.69, 9.17) is 9.47 Å². The zero-order valence-corrected chi connectivity index (χ0v) is 23.6. The van der Waals surface area contributed by atoms with Crippen molar-refractivity contribution in [3.63, 3.8) is 0 Å². The number of sulfone groups is 1. The van der Waals surface area contributed by atoms with E-state index >= 15 is 0 Å². The number of ether oxygens (including phenoxy) is 3. The molecule has 1 aromatic heterocycles. The van der Waals surface area contributed by atoms with Crippen molar-refractivity contribution in [1.82, 2.24) is 9.88 Å². The number of thiazole rings is 1. The Balaban J connectivity index is 1.84. The van der Waals surface area contributed by atoms with Gasteiger partial charge in [-0.1, -0.05) is 30.3 Å². The molecule has 0 bridgehead atoms. The molecule has 2 aromatic carbocycles. The van der Waals surface area contributed by atoms with Crippen LogP contribution in [-0.4, -0.2) is 69.6 Å². The maximum absolute atomic E-state index is 13.6. The van der Waals surface area contributed by atoms with Crippen molar-refractivity contribution in [2.75, 3.05) is 39.6 Å². The highest BCUT2D eigenvalue weighted by molar-refractivity contribution is 7.91. The van der Waals surface area contributed by atoms with Gasteiger partial charge in [-0.25, -0.2) is 13.4 Å². The lowest BCUT2D eigenvalue weighted by molar-refractivity contribution is 0.0740. The molecule has 0 unspecified atom stereocenters. The van der Waals surface area contributed by atoms with Gasteiger partial charge in [-0.3, -0.25) is 9.59 Å². The smallest absolute Gasteiger partial charge is 0.254 e. The number of aromatic nitrogens is 1. The minimum Gasteiger partial charge on any atom is -0.497 e. The summed E-state index contributed by atoms with van der Waals surface area (Å²) in [5, 5.41) is 0.540. The minimum atomic E-state index is -3.71. The molecule has 0 saturated heterocycles. The van der Waals surface area contributed by atoms with E-state index in [1.165, 1.54) is 32.7 Å². The SMILES string of the molecule is COCS(=O)(=O)CC(=O)c1nc(CN(CCCc2ccccc2)C(=O)c2cc(OC)cc(OC)c2)sc1C. The first-order chi connectivity index (χ1) is 18.2. The fourth-order valence-corrected chi connectivity index (χ4v) is 5.86. The predicted octanol–water partition coefficient (Wildman–Crippen LogP) is 3.95. The van der Waals surface area contributed by atoms with E-state index in [-0.39, 0.29) is 18.1 Å². The number of hydrogen-bond donors (Lipinski definition) is 0.